The zero-order valence-corrected chi connectivity index (χ0v) is 17.2. The molecule has 0 radical (unpaired) electrons. The zero-order chi connectivity index (χ0) is 20.4. The van der Waals surface area contributed by atoms with E-state index in [1.807, 2.05) is 79.1 Å². The summed E-state index contributed by atoms with van der Waals surface area (Å²) in [6.07, 6.45) is 0.561. The molecule has 0 spiro atoms. The highest BCUT2D eigenvalue weighted by Gasteiger charge is 2.15. The number of carbonyl (C=O) groups excluding carboxylic acids is 1. The number of anilines is 1. The van der Waals surface area contributed by atoms with Crippen molar-refractivity contribution >= 4 is 34.2 Å². The number of hydrogen-bond acceptors (Lipinski definition) is 2. The van der Waals surface area contributed by atoms with Crippen molar-refractivity contribution in [2.45, 2.75) is 26.8 Å². The Morgan fingerprint density at radius 1 is 1.03 bits per heavy atom. The number of benzene rings is 3. The third-order valence-corrected chi connectivity index (χ3v) is 5.37. The maximum absolute atomic E-state index is 12.8. The molecule has 0 aliphatic carbocycles. The van der Waals surface area contributed by atoms with Crippen molar-refractivity contribution in [3.05, 3.63) is 94.3 Å². The Morgan fingerprint density at radius 2 is 1.79 bits per heavy atom. The molecule has 3 aromatic carbocycles. The fourth-order valence-electron chi connectivity index (χ4n) is 3.54. The molecule has 1 amide bonds. The van der Waals surface area contributed by atoms with Crippen LogP contribution in [0.5, 0.6) is 0 Å². The van der Waals surface area contributed by atoms with Crippen molar-refractivity contribution in [3.63, 3.8) is 0 Å². The number of aryl methyl sites for hydroxylation is 2. The number of amides is 1. The largest absolute Gasteiger partial charge is 0.324 e. The Balaban J connectivity index is 1.65. The summed E-state index contributed by atoms with van der Waals surface area (Å²) in [5.74, 6) is 0.732. The Morgan fingerprint density at radius 3 is 2.59 bits per heavy atom. The van der Waals surface area contributed by atoms with Crippen LogP contribution in [0.15, 0.2) is 66.7 Å². The Hall–Kier alpha value is -3.11. The summed E-state index contributed by atoms with van der Waals surface area (Å²) in [6.45, 7) is 4.23. The highest BCUT2D eigenvalue weighted by Crippen LogP contribution is 2.23. The van der Waals surface area contributed by atoms with E-state index in [0.717, 1.165) is 33.7 Å². The van der Waals surface area contributed by atoms with Gasteiger partial charge in [-0.05, 0) is 49.2 Å². The van der Waals surface area contributed by atoms with Crippen molar-refractivity contribution in [2.24, 2.45) is 0 Å². The summed E-state index contributed by atoms with van der Waals surface area (Å²) in [5.41, 5.74) is 5.84. The first-order chi connectivity index (χ1) is 14.0. The number of rotatable bonds is 5. The topological polar surface area (TPSA) is 46.9 Å². The third-order valence-electron chi connectivity index (χ3n) is 5.00. The summed E-state index contributed by atoms with van der Waals surface area (Å²) >= 11 is 6.35. The minimum absolute atomic E-state index is 0.0829. The molecule has 0 fully saturated rings. The van der Waals surface area contributed by atoms with Gasteiger partial charge in [0.1, 0.15) is 12.4 Å². The first-order valence-corrected chi connectivity index (χ1v) is 9.94. The van der Waals surface area contributed by atoms with Crippen LogP contribution in [0.2, 0.25) is 5.02 Å². The molecule has 1 N–H and O–H groups in total. The number of para-hydroxylation sites is 2. The number of fused-ring (bicyclic) bond motifs is 1. The maximum atomic E-state index is 12.8. The summed E-state index contributed by atoms with van der Waals surface area (Å²) in [6, 6.07) is 21.6. The fourth-order valence-corrected chi connectivity index (χ4v) is 3.74. The second-order valence-corrected chi connectivity index (χ2v) is 7.64. The summed E-state index contributed by atoms with van der Waals surface area (Å²) in [4.78, 5) is 17.6. The lowest BCUT2D eigenvalue weighted by molar-refractivity contribution is -0.116. The van der Waals surface area contributed by atoms with Gasteiger partial charge in [-0.25, -0.2) is 4.98 Å². The van der Waals surface area contributed by atoms with Crippen LogP contribution >= 0.6 is 11.6 Å². The highest BCUT2D eigenvalue weighted by molar-refractivity contribution is 6.31. The SMILES string of the molecule is Cc1ccc(NC(=O)Cn2c(Cc3ccccc3Cl)nc3ccccc32)c(C)c1. The van der Waals surface area contributed by atoms with Gasteiger partial charge in [-0.1, -0.05) is 59.6 Å². The molecule has 5 heteroatoms. The minimum Gasteiger partial charge on any atom is -0.324 e. The standard InChI is InChI=1S/C24H22ClN3O/c1-16-11-12-20(17(2)13-16)27-24(29)15-28-22-10-6-5-9-21(22)26-23(28)14-18-7-3-4-8-19(18)25/h3-13H,14-15H2,1-2H3,(H,27,29). The molecule has 0 bridgehead atoms. The average Bonchev–Trinajstić information content (AvgIpc) is 3.03. The van der Waals surface area contributed by atoms with Crippen LogP contribution in [0.25, 0.3) is 11.0 Å². The lowest BCUT2D eigenvalue weighted by atomic mass is 10.1. The van der Waals surface area contributed by atoms with Crippen molar-refractivity contribution in [1.82, 2.24) is 9.55 Å². The summed E-state index contributed by atoms with van der Waals surface area (Å²) < 4.78 is 1.97. The van der Waals surface area contributed by atoms with E-state index >= 15 is 0 Å². The molecule has 0 aliphatic heterocycles. The molecule has 29 heavy (non-hydrogen) atoms. The number of imidazole rings is 1. The second-order valence-electron chi connectivity index (χ2n) is 7.24. The van der Waals surface area contributed by atoms with Crippen molar-refractivity contribution in [1.29, 1.82) is 0 Å². The molecule has 0 aliphatic rings. The van der Waals surface area contributed by atoms with Gasteiger partial charge in [0.15, 0.2) is 0 Å². The molecule has 0 saturated carbocycles. The number of nitrogens with zero attached hydrogens (tertiary/aromatic N) is 2. The molecule has 4 rings (SSSR count). The number of carbonyl (C=O) groups is 1. The van der Waals surface area contributed by atoms with E-state index in [9.17, 15) is 4.79 Å². The molecule has 1 heterocycles. The molecular formula is C24H22ClN3O. The maximum Gasteiger partial charge on any atom is 0.244 e. The molecule has 0 atom stereocenters. The van der Waals surface area contributed by atoms with Crippen LogP contribution < -0.4 is 5.32 Å². The summed E-state index contributed by atoms with van der Waals surface area (Å²) in [7, 11) is 0. The van der Waals surface area contributed by atoms with Gasteiger partial charge in [-0.2, -0.15) is 0 Å². The molecule has 4 nitrogen and oxygen atoms in total. The van der Waals surface area contributed by atoms with Crippen molar-refractivity contribution in [2.75, 3.05) is 5.32 Å². The van der Waals surface area contributed by atoms with Crippen LogP contribution in [0.1, 0.15) is 22.5 Å². The van der Waals surface area contributed by atoms with Gasteiger partial charge in [0, 0.05) is 17.1 Å². The quantitative estimate of drug-likeness (QED) is 0.475. The lowest BCUT2D eigenvalue weighted by Crippen LogP contribution is -2.20. The zero-order valence-electron chi connectivity index (χ0n) is 16.4. The molecule has 4 aromatic rings. The van der Waals surface area contributed by atoms with Crippen molar-refractivity contribution < 1.29 is 4.79 Å². The van der Waals surface area contributed by atoms with E-state index in [-0.39, 0.29) is 12.5 Å². The first kappa shape index (κ1) is 19.2. The van der Waals surface area contributed by atoms with Crippen LogP contribution in [0.4, 0.5) is 5.69 Å². The Labute approximate surface area is 175 Å². The monoisotopic (exact) mass is 403 g/mol. The first-order valence-electron chi connectivity index (χ1n) is 9.56. The van der Waals surface area contributed by atoms with E-state index in [1.54, 1.807) is 0 Å². The Kier molecular flexibility index (Phi) is 5.36. The van der Waals surface area contributed by atoms with E-state index in [2.05, 4.69) is 11.4 Å². The highest BCUT2D eigenvalue weighted by atomic mass is 35.5. The molecule has 0 unspecified atom stereocenters. The fraction of sp³-hybridized carbons (Fsp3) is 0.167. The smallest absolute Gasteiger partial charge is 0.244 e. The van der Waals surface area contributed by atoms with Crippen LogP contribution in [-0.2, 0) is 17.8 Å². The van der Waals surface area contributed by atoms with Gasteiger partial charge in [0.2, 0.25) is 5.91 Å². The molecule has 0 saturated heterocycles. The van der Waals surface area contributed by atoms with Gasteiger partial charge < -0.3 is 9.88 Å². The molecule has 1 aromatic heterocycles. The molecule has 146 valence electrons. The number of aromatic nitrogens is 2. The number of halogens is 1. The lowest BCUT2D eigenvalue weighted by Gasteiger charge is -2.12. The van der Waals surface area contributed by atoms with E-state index in [1.165, 1.54) is 5.56 Å². The van der Waals surface area contributed by atoms with Crippen LogP contribution in [0.3, 0.4) is 0 Å². The van der Waals surface area contributed by atoms with Gasteiger partial charge in [0.05, 0.1) is 11.0 Å². The number of nitrogens with one attached hydrogen (secondary N) is 1. The van der Waals surface area contributed by atoms with Crippen LogP contribution in [0, 0.1) is 13.8 Å². The second kappa shape index (κ2) is 8.10. The Bertz CT molecular complexity index is 1200. The molecular weight excluding hydrogens is 382 g/mol. The van der Waals surface area contributed by atoms with Gasteiger partial charge >= 0.3 is 0 Å². The van der Waals surface area contributed by atoms with Gasteiger partial charge in [-0.15, -0.1) is 0 Å². The van der Waals surface area contributed by atoms with Gasteiger partial charge in [-0.3, -0.25) is 4.79 Å². The predicted molar refractivity (Wildman–Crippen MR) is 119 cm³/mol. The predicted octanol–water partition coefficient (Wildman–Crippen LogP) is 5.54. The average molecular weight is 404 g/mol. The summed E-state index contributed by atoms with van der Waals surface area (Å²) in [5, 5.41) is 3.73. The van der Waals surface area contributed by atoms with Crippen LogP contribution in [-0.4, -0.2) is 15.5 Å². The third kappa shape index (κ3) is 4.17. The number of hydrogen-bond donors (Lipinski definition) is 1. The minimum atomic E-state index is -0.0829. The van der Waals surface area contributed by atoms with Crippen molar-refractivity contribution in [3.8, 4) is 0 Å². The normalized spacial score (nSPS) is 11.0. The van der Waals surface area contributed by atoms with Gasteiger partial charge in [0.25, 0.3) is 0 Å². The van der Waals surface area contributed by atoms with E-state index < -0.39 is 0 Å². The van der Waals surface area contributed by atoms with E-state index in [4.69, 9.17) is 16.6 Å². The van der Waals surface area contributed by atoms with E-state index in [0.29, 0.717) is 11.4 Å².